The van der Waals surface area contributed by atoms with Crippen molar-refractivity contribution in [1.82, 2.24) is 4.98 Å². The summed E-state index contributed by atoms with van der Waals surface area (Å²) < 4.78 is 13.3. The summed E-state index contributed by atoms with van der Waals surface area (Å²) in [6.45, 7) is 6.10. The van der Waals surface area contributed by atoms with Gasteiger partial charge in [-0.2, -0.15) is 0 Å². The van der Waals surface area contributed by atoms with Gasteiger partial charge in [0.15, 0.2) is 0 Å². The van der Waals surface area contributed by atoms with Gasteiger partial charge in [0, 0.05) is 5.56 Å². The van der Waals surface area contributed by atoms with Crippen LogP contribution < -0.4 is 0 Å². The van der Waals surface area contributed by atoms with Gasteiger partial charge in [-0.3, -0.25) is 0 Å². The highest BCUT2D eigenvalue weighted by Crippen LogP contribution is 2.41. The van der Waals surface area contributed by atoms with Gasteiger partial charge in [-0.1, -0.05) is 33.1 Å². The van der Waals surface area contributed by atoms with Gasteiger partial charge in [-0.15, -0.1) is 0 Å². The zero-order chi connectivity index (χ0) is 18.1. The van der Waals surface area contributed by atoms with Crippen molar-refractivity contribution < 1.29 is 9.50 Å². The molecule has 0 saturated heterocycles. The van der Waals surface area contributed by atoms with Crippen LogP contribution in [0.3, 0.4) is 0 Å². The van der Waals surface area contributed by atoms with E-state index < -0.39 is 5.60 Å². The molecule has 0 radical (unpaired) electrons. The number of aromatic nitrogens is 1. The van der Waals surface area contributed by atoms with Crippen molar-refractivity contribution in [1.29, 1.82) is 0 Å². The summed E-state index contributed by atoms with van der Waals surface area (Å²) in [5, 5.41) is 10.8. The molecule has 1 aliphatic carbocycles. The molecule has 1 fully saturated rings. The lowest BCUT2D eigenvalue weighted by Crippen LogP contribution is -2.28. The Bertz CT molecular complexity index is 730. The van der Waals surface area contributed by atoms with E-state index in [1.807, 2.05) is 13.8 Å². The van der Waals surface area contributed by atoms with E-state index in [2.05, 4.69) is 19.1 Å². The van der Waals surface area contributed by atoms with E-state index in [1.165, 1.54) is 37.0 Å². The molecule has 134 valence electrons. The van der Waals surface area contributed by atoms with E-state index in [0.717, 1.165) is 24.1 Å². The molecule has 1 aromatic heterocycles. The Morgan fingerprint density at radius 3 is 2.36 bits per heavy atom. The van der Waals surface area contributed by atoms with Crippen LogP contribution in [-0.4, -0.2) is 10.1 Å². The van der Waals surface area contributed by atoms with Gasteiger partial charge >= 0.3 is 0 Å². The molecule has 1 saturated carbocycles. The van der Waals surface area contributed by atoms with Crippen molar-refractivity contribution in [2.75, 3.05) is 0 Å². The van der Waals surface area contributed by atoms with Crippen molar-refractivity contribution in [3.63, 3.8) is 0 Å². The lowest BCUT2D eigenvalue weighted by molar-refractivity contribution is 0.0484. The van der Waals surface area contributed by atoms with E-state index in [-0.39, 0.29) is 11.2 Å². The first-order valence-electron chi connectivity index (χ1n) is 9.35. The van der Waals surface area contributed by atoms with E-state index in [4.69, 9.17) is 4.98 Å². The lowest BCUT2D eigenvalue weighted by Gasteiger charge is -2.35. The van der Waals surface area contributed by atoms with Gasteiger partial charge < -0.3 is 5.11 Å². The molecule has 2 nitrogen and oxygen atoms in total. The molecule has 3 rings (SSSR count). The third-order valence-electron chi connectivity index (χ3n) is 5.86. The molecule has 3 heteroatoms. The zero-order valence-corrected chi connectivity index (χ0v) is 15.5. The van der Waals surface area contributed by atoms with Crippen LogP contribution in [0.2, 0.25) is 0 Å². The predicted octanol–water partition coefficient (Wildman–Crippen LogP) is 5.73. The van der Waals surface area contributed by atoms with Crippen molar-refractivity contribution in [3.8, 4) is 11.3 Å². The minimum atomic E-state index is -0.962. The van der Waals surface area contributed by atoms with Crippen LogP contribution >= 0.6 is 0 Å². The SMILES string of the molecule is CCC(C)(O)c1cc(C2(C)CCCCC2)cc(-c2ccc(F)cc2)n1. The summed E-state index contributed by atoms with van der Waals surface area (Å²) in [6, 6.07) is 10.7. The average Bonchev–Trinajstić information content (AvgIpc) is 2.62. The first kappa shape index (κ1) is 18.1. The van der Waals surface area contributed by atoms with E-state index >= 15 is 0 Å². The van der Waals surface area contributed by atoms with Gasteiger partial charge in [0.2, 0.25) is 0 Å². The Kier molecular flexibility index (Phi) is 4.97. The fourth-order valence-electron chi connectivity index (χ4n) is 3.73. The monoisotopic (exact) mass is 341 g/mol. The highest BCUT2D eigenvalue weighted by atomic mass is 19.1. The largest absolute Gasteiger partial charge is 0.384 e. The van der Waals surface area contributed by atoms with Crippen LogP contribution in [-0.2, 0) is 11.0 Å². The van der Waals surface area contributed by atoms with Crippen LogP contribution in [0.4, 0.5) is 4.39 Å². The zero-order valence-electron chi connectivity index (χ0n) is 15.5. The number of nitrogens with zero attached hydrogens (tertiary/aromatic N) is 1. The number of halogens is 1. The Labute approximate surface area is 150 Å². The fraction of sp³-hybridized carbons (Fsp3) is 0.500. The minimum Gasteiger partial charge on any atom is -0.384 e. The van der Waals surface area contributed by atoms with Gasteiger partial charge in [-0.05, 0) is 73.6 Å². The average molecular weight is 341 g/mol. The quantitative estimate of drug-likeness (QED) is 0.770. The molecule has 1 aromatic carbocycles. The lowest BCUT2D eigenvalue weighted by atomic mass is 9.70. The molecule has 0 amide bonds. The highest BCUT2D eigenvalue weighted by Gasteiger charge is 2.32. The number of hydrogen-bond donors (Lipinski definition) is 1. The Morgan fingerprint density at radius 2 is 1.76 bits per heavy atom. The fourth-order valence-corrected chi connectivity index (χ4v) is 3.73. The Morgan fingerprint density at radius 1 is 1.12 bits per heavy atom. The third kappa shape index (κ3) is 3.77. The summed E-state index contributed by atoms with van der Waals surface area (Å²) in [6.07, 6.45) is 6.70. The van der Waals surface area contributed by atoms with E-state index in [9.17, 15) is 9.50 Å². The summed E-state index contributed by atoms with van der Waals surface area (Å²) in [7, 11) is 0. The molecule has 0 bridgehead atoms. The molecular weight excluding hydrogens is 313 g/mol. The van der Waals surface area contributed by atoms with Crippen molar-refractivity contribution in [2.45, 2.75) is 70.3 Å². The third-order valence-corrected chi connectivity index (χ3v) is 5.86. The smallest absolute Gasteiger partial charge is 0.123 e. The van der Waals surface area contributed by atoms with Crippen LogP contribution in [0, 0.1) is 5.82 Å². The van der Waals surface area contributed by atoms with Crippen LogP contribution in [0.25, 0.3) is 11.3 Å². The van der Waals surface area contributed by atoms with Crippen LogP contribution in [0.5, 0.6) is 0 Å². The topological polar surface area (TPSA) is 33.1 Å². The minimum absolute atomic E-state index is 0.120. The summed E-state index contributed by atoms with van der Waals surface area (Å²) >= 11 is 0. The molecule has 2 aromatic rings. The predicted molar refractivity (Wildman–Crippen MR) is 99.9 cm³/mol. The molecule has 1 unspecified atom stereocenters. The van der Waals surface area contributed by atoms with Gasteiger partial charge in [0.1, 0.15) is 11.4 Å². The summed E-state index contributed by atoms with van der Waals surface area (Å²) in [5.74, 6) is -0.250. The van der Waals surface area contributed by atoms with Gasteiger partial charge in [0.25, 0.3) is 0 Å². The Hall–Kier alpha value is -1.74. The Balaban J connectivity index is 2.13. The standard InChI is InChI=1S/C22H28FNO/c1-4-22(3,25)20-15-17(21(2)12-6-5-7-13-21)14-19(24-20)16-8-10-18(23)11-9-16/h8-11,14-15,25H,4-7,12-13H2,1-3H3. The molecular formula is C22H28FNO. The van der Waals surface area contributed by atoms with E-state index in [0.29, 0.717) is 12.1 Å². The normalized spacial score (nSPS) is 19.4. The molecule has 25 heavy (non-hydrogen) atoms. The number of pyridine rings is 1. The number of hydrogen-bond acceptors (Lipinski definition) is 2. The molecule has 0 spiro atoms. The second-order valence-corrected chi connectivity index (χ2v) is 7.88. The van der Waals surface area contributed by atoms with Crippen molar-refractivity contribution in [3.05, 3.63) is 53.5 Å². The summed E-state index contributed by atoms with van der Waals surface area (Å²) in [5.41, 5.74) is 2.80. The molecule has 0 aliphatic heterocycles. The molecule has 1 aliphatic rings. The van der Waals surface area contributed by atoms with Crippen LogP contribution in [0.1, 0.15) is 70.6 Å². The maximum atomic E-state index is 13.3. The first-order valence-corrected chi connectivity index (χ1v) is 9.35. The maximum Gasteiger partial charge on any atom is 0.123 e. The molecule has 1 heterocycles. The molecule has 1 atom stereocenters. The van der Waals surface area contributed by atoms with E-state index in [1.54, 1.807) is 12.1 Å². The van der Waals surface area contributed by atoms with Crippen LogP contribution in [0.15, 0.2) is 36.4 Å². The number of benzene rings is 1. The summed E-state index contributed by atoms with van der Waals surface area (Å²) in [4.78, 5) is 4.73. The van der Waals surface area contributed by atoms with Crippen molar-refractivity contribution in [2.24, 2.45) is 0 Å². The second-order valence-electron chi connectivity index (χ2n) is 7.88. The second kappa shape index (κ2) is 6.87. The number of aliphatic hydroxyl groups is 1. The van der Waals surface area contributed by atoms with Crippen molar-refractivity contribution >= 4 is 0 Å². The van der Waals surface area contributed by atoms with Gasteiger partial charge in [-0.25, -0.2) is 9.37 Å². The highest BCUT2D eigenvalue weighted by molar-refractivity contribution is 5.61. The number of rotatable bonds is 4. The van der Waals surface area contributed by atoms with Gasteiger partial charge in [0.05, 0.1) is 11.4 Å². The maximum absolute atomic E-state index is 13.3. The first-order chi connectivity index (χ1) is 11.8. The molecule has 1 N–H and O–H groups in total.